The highest BCUT2D eigenvalue weighted by Crippen LogP contribution is 2.22. The molecule has 0 aromatic heterocycles. The molecule has 1 fully saturated rings. The molecule has 0 unspecified atom stereocenters. The smallest absolute Gasteiger partial charge is 0.262 e. The molecule has 0 radical (unpaired) electrons. The number of carbonyl (C=O) groups is 1. The summed E-state index contributed by atoms with van der Waals surface area (Å²) in [4.78, 5) is 12.9. The van der Waals surface area contributed by atoms with Gasteiger partial charge in [0.2, 0.25) is 0 Å². The highest BCUT2D eigenvalue weighted by Gasteiger charge is 2.21. The van der Waals surface area contributed by atoms with Crippen LogP contribution in [0, 0.1) is 6.92 Å². The van der Waals surface area contributed by atoms with Gasteiger partial charge in [0.15, 0.2) is 0 Å². The maximum Gasteiger partial charge on any atom is 0.262 e. The molecule has 2 N–H and O–H groups in total. The summed E-state index contributed by atoms with van der Waals surface area (Å²) in [6.07, 6.45) is 7.92. The van der Waals surface area contributed by atoms with Gasteiger partial charge in [0.25, 0.3) is 15.9 Å². The first kappa shape index (κ1) is 20.4. The van der Waals surface area contributed by atoms with Crippen molar-refractivity contribution in [1.29, 1.82) is 0 Å². The van der Waals surface area contributed by atoms with E-state index in [1.807, 2.05) is 6.07 Å². The Hall–Kier alpha value is -2.34. The van der Waals surface area contributed by atoms with Crippen molar-refractivity contribution in [3.8, 4) is 0 Å². The van der Waals surface area contributed by atoms with E-state index in [0.29, 0.717) is 16.8 Å². The lowest BCUT2D eigenvalue weighted by atomic mass is 9.96. The van der Waals surface area contributed by atoms with Crippen LogP contribution in [0.15, 0.2) is 53.4 Å². The third-order valence-electron chi connectivity index (χ3n) is 5.21. The van der Waals surface area contributed by atoms with E-state index in [4.69, 9.17) is 0 Å². The Balaban J connectivity index is 1.77. The lowest BCUT2D eigenvalue weighted by molar-refractivity contribution is 0.0930. The van der Waals surface area contributed by atoms with Crippen molar-refractivity contribution in [2.45, 2.75) is 62.8 Å². The molecule has 6 heteroatoms. The normalized spacial score (nSPS) is 16.0. The number of amides is 1. The predicted octanol–water partition coefficient (Wildman–Crippen LogP) is 4.64. The molecule has 3 rings (SSSR count). The molecule has 2 aromatic carbocycles. The molecule has 0 heterocycles. The average molecular weight is 401 g/mol. The Labute approximate surface area is 167 Å². The average Bonchev–Trinajstić information content (AvgIpc) is 2.64. The molecule has 0 saturated heterocycles. The highest BCUT2D eigenvalue weighted by atomic mass is 32.2. The fraction of sp³-hybridized carbons (Fsp3) is 0.409. The first-order valence-electron chi connectivity index (χ1n) is 9.95. The molecule has 1 saturated carbocycles. The minimum absolute atomic E-state index is 0.127. The van der Waals surface area contributed by atoms with Gasteiger partial charge in [-0.15, -0.1) is 0 Å². The molecule has 0 bridgehead atoms. The van der Waals surface area contributed by atoms with Gasteiger partial charge in [-0.25, -0.2) is 8.42 Å². The lowest BCUT2D eigenvalue weighted by Crippen LogP contribution is -2.35. The van der Waals surface area contributed by atoms with Crippen molar-refractivity contribution < 1.29 is 13.2 Å². The largest absolute Gasteiger partial charge is 0.349 e. The lowest BCUT2D eigenvalue weighted by Gasteiger charge is -2.21. The summed E-state index contributed by atoms with van der Waals surface area (Å²) in [6.45, 7) is 1.73. The summed E-state index contributed by atoms with van der Waals surface area (Å²) < 4.78 is 28.2. The van der Waals surface area contributed by atoms with Gasteiger partial charge in [-0.3, -0.25) is 9.52 Å². The van der Waals surface area contributed by atoms with Gasteiger partial charge >= 0.3 is 0 Å². The fourth-order valence-electron chi connectivity index (χ4n) is 3.62. The summed E-state index contributed by atoms with van der Waals surface area (Å²) >= 11 is 0. The number of hydrogen-bond acceptors (Lipinski definition) is 3. The quantitative estimate of drug-likeness (QED) is 0.768. The number of rotatable bonds is 5. The van der Waals surface area contributed by atoms with Crippen LogP contribution < -0.4 is 10.0 Å². The van der Waals surface area contributed by atoms with Crippen molar-refractivity contribution in [3.05, 3.63) is 59.7 Å². The van der Waals surface area contributed by atoms with Gasteiger partial charge < -0.3 is 5.32 Å². The minimum atomic E-state index is -3.77. The zero-order valence-electron chi connectivity index (χ0n) is 16.3. The number of aryl methyl sites for hydroxylation is 1. The van der Waals surface area contributed by atoms with Crippen LogP contribution in [0.4, 0.5) is 5.69 Å². The number of nitrogens with one attached hydrogen (secondary N) is 2. The van der Waals surface area contributed by atoms with Crippen LogP contribution >= 0.6 is 0 Å². The SMILES string of the molecule is Cc1ccc(C(=O)NC2CCCCCCC2)cc1S(=O)(=O)Nc1ccccc1. The molecule has 0 spiro atoms. The molecule has 0 atom stereocenters. The van der Waals surface area contributed by atoms with Crippen LogP contribution in [0.5, 0.6) is 0 Å². The van der Waals surface area contributed by atoms with Crippen molar-refractivity contribution >= 4 is 21.6 Å². The molecule has 5 nitrogen and oxygen atoms in total. The molecule has 2 aromatic rings. The Morgan fingerprint density at radius 3 is 2.25 bits per heavy atom. The topological polar surface area (TPSA) is 75.3 Å². The van der Waals surface area contributed by atoms with Crippen molar-refractivity contribution in [2.75, 3.05) is 4.72 Å². The van der Waals surface area contributed by atoms with E-state index in [-0.39, 0.29) is 16.8 Å². The van der Waals surface area contributed by atoms with Crippen LogP contribution in [0.2, 0.25) is 0 Å². The molecule has 28 heavy (non-hydrogen) atoms. The van der Waals surface area contributed by atoms with E-state index in [1.165, 1.54) is 25.3 Å². The van der Waals surface area contributed by atoms with Gasteiger partial charge in [0.1, 0.15) is 0 Å². The van der Waals surface area contributed by atoms with E-state index in [1.54, 1.807) is 43.3 Å². The van der Waals surface area contributed by atoms with Crippen LogP contribution in [0.25, 0.3) is 0 Å². The minimum Gasteiger partial charge on any atom is -0.349 e. The zero-order chi connectivity index (χ0) is 20.0. The number of benzene rings is 2. The first-order chi connectivity index (χ1) is 13.5. The molecular formula is C22H28N2O3S. The number of sulfonamides is 1. The maximum atomic E-state index is 12.8. The van der Waals surface area contributed by atoms with Crippen LogP contribution in [-0.2, 0) is 10.0 Å². The molecular weight excluding hydrogens is 372 g/mol. The third-order valence-corrected chi connectivity index (χ3v) is 6.73. The van der Waals surface area contributed by atoms with Crippen molar-refractivity contribution in [2.24, 2.45) is 0 Å². The predicted molar refractivity (Wildman–Crippen MR) is 112 cm³/mol. The molecule has 0 aliphatic heterocycles. The van der Waals surface area contributed by atoms with E-state index >= 15 is 0 Å². The Kier molecular flexibility index (Phi) is 6.73. The number of para-hydroxylation sites is 1. The summed E-state index contributed by atoms with van der Waals surface area (Å²) in [6, 6.07) is 13.8. The highest BCUT2D eigenvalue weighted by molar-refractivity contribution is 7.92. The maximum absolute atomic E-state index is 12.8. The Morgan fingerprint density at radius 2 is 1.57 bits per heavy atom. The molecule has 1 aliphatic rings. The molecule has 1 aliphatic carbocycles. The fourth-order valence-corrected chi connectivity index (χ4v) is 4.95. The van der Waals surface area contributed by atoms with E-state index in [0.717, 1.165) is 25.7 Å². The van der Waals surface area contributed by atoms with Crippen LogP contribution in [0.1, 0.15) is 60.9 Å². The standard InChI is InChI=1S/C22H28N2O3S/c1-17-14-15-18(22(25)23-19-10-6-3-2-4-7-11-19)16-21(17)28(26,27)24-20-12-8-5-9-13-20/h5,8-9,12-16,19,24H,2-4,6-7,10-11H2,1H3,(H,23,25). The second kappa shape index (κ2) is 9.24. The third kappa shape index (κ3) is 5.35. The van der Waals surface area contributed by atoms with Crippen LogP contribution in [0.3, 0.4) is 0 Å². The summed E-state index contributed by atoms with van der Waals surface area (Å²) in [5, 5.41) is 3.10. The van der Waals surface area contributed by atoms with Crippen molar-refractivity contribution in [3.63, 3.8) is 0 Å². The van der Waals surface area contributed by atoms with E-state index in [2.05, 4.69) is 10.0 Å². The van der Waals surface area contributed by atoms with Crippen molar-refractivity contribution in [1.82, 2.24) is 5.32 Å². The second-order valence-electron chi connectivity index (χ2n) is 7.47. The summed E-state index contributed by atoms with van der Waals surface area (Å²) in [5.41, 5.74) is 1.47. The van der Waals surface area contributed by atoms with Crippen LogP contribution in [-0.4, -0.2) is 20.4 Å². The monoisotopic (exact) mass is 400 g/mol. The second-order valence-corrected chi connectivity index (χ2v) is 9.12. The van der Waals surface area contributed by atoms with Gasteiger partial charge in [0.05, 0.1) is 4.90 Å². The van der Waals surface area contributed by atoms with Gasteiger partial charge in [-0.05, 0) is 49.6 Å². The van der Waals surface area contributed by atoms with Gasteiger partial charge in [-0.1, -0.05) is 56.4 Å². The van der Waals surface area contributed by atoms with Gasteiger partial charge in [-0.2, -0.15) is 0 Å². The zero-order valence-corrected chi connectivity index (χ0v) is 17.1. The summed E-state index contributed by atoms with van der Waals surface area (Å²) in [5.74, 6) is -0.207. The first-order valence-corrected chi connectivity index (χ1v) is 11.4. The van der Waals surface area contributed by atoms with E-state index in [9.17, 15) is 13.2 Å². The Morgan fingerprint density at radius 1 is 0.929 bits per heavy atom. The van der Waals surface area contributed by atoms with E-state index < -0.39 is 10.0 Å². The van der Waals surface area contributed by atoms with Gasteiger partial charge in [0, 0.05) is 17.3 Å². The number of carbonyl (C=O) groups excluding carboxylic acids is 1. The Bertz CT molecular complexity index is 903. The number of anilines is 1. The molecule has 1 amide bonds. The summed E-state index contributed by atoms with van der Waals surface area (Å²) in [7, 11) is -3.77. The number of hydrogen-bond donors (Lipinski definition) is 2. The molecule has 150 valence electrons.